The van der Waals surface area contributed by atoms with Gasteiger partial charge in [0.1, 0.15) is 5.75 Å². The van der Waals surface area contributed by atoms with Crippen molar-refractivity contribution in [2.45, 2.75) is 6.42 Å². The molecule has 4 heteroatoms. The average Bonchev–Trinajstić information content (AvgIpc) is 2.50. The smallest absolute Gasteiger partial charge is 0.258 e. The third kappa shape index (κ3) is 2.95. The number of H-pyrrole nitrogens is 1. The summed E-state index contributed by atoms with van der Waals surface area (Å²) in [5.41, 5.74) is 6.53. The highest BCUT2D eigenvalue weighted by molar-refractivity contribution is 5.82. The first-order valence-corrected chi connectivity index (χ1v) is 6.85. The summed E-state index contributed by atoms with van der Waals surface area (Å²) < 4.78 is 5.71. The molecule has 0 aliphatic carbocycles. The summed E-state index contributed by atoms with van der Waals surface area (Å²) in [6.45, 7) is 0.623. The molecule has 21 heavy (non-hydrogen) atoms. The lowest BCUT2D eigenvalue weighted by Gasteiger charge is -2.07. The molecule has 106 valence electrons. The Balaban J connectivity index is 1.89. The SMILES string of the molecule is NCCc1ccc(Oc2cc3ccccc3c(=O)[nH]2)cc1. The van der Waals surface area contributed by atoms with E-state index in [-0.39, 0.29) is 5.56 Å². The van der Waals surface area contributed by atoms with E-state index in [0.29, 0.717) is 23.6 Å². The van der Waals surface area contributed by atoms with Gasteiger partial charge in [0.15, 0.2) is 0 Å². The fraction of sp³-hybridized carbons (Fsp3) is 0.118. The Bertz CT molecular complexity index is 807. The molecule has 4 nitrogen and oxygen atoms in total. The lowest BCUT2D eigenvalue weighted by Crippen LogP contribution is -2.07. The average molecular weight is 280 g/mol. The van der Waals surface area contributed by atoms with Crippen LogP contribution in [0.3, 0.4) is 0 Å². The van der Waals surface area contributed by atoms with E-state index in [9.17, 15) is 4.79 Å². The first-order valence-electron chi connectivity index (χ1n) is 6.85. The predicted molar refractivity (Wildman–Crippen MR) is 83.8 cm³/mol. The highest BCUT2D eigenvalue weighted by Crippen LogP contribution is 2.21. The number of aromatic amines is 1. The summed E-state index contributed by atoms with van der Waals surface area (Å²) in [4.78, 5) is 14.7. The maximum absolute atomic E-state index is 12.0. The van der Waals surface area contributed by atoms with Gasteiger partial charge in [-0.05, 0) is 42.1 Å². The number of hydrogen-bond donors (Lipinski definition) is 2. The minimum Gasteiger partial charge on any atom is -0.441 e. The number of benzene rings is 2. The van der Waals surface area contributed by atoms with E-state index in [0.717, 1.165) is 17.4 Å². The topological polar surface area (TPSA) is 68.1 Å². The minimum absolute atomic E-state index is 0.150. The van der Waals surface area contributed by atoms with Crippen LogP contribution in [0.15, 0.2) is 59.4 Å². The molecule has 0 amide bonds. The van der Waals surface area contributed by atoms with Crippen molar-refractivity contribution < 1.29 is 4.74 Å². The molecule has 1 aromatic heterocycles. The van der Waals surface area contributed by atoms with E-state index < -0.39 is 0 Å². The second-order valence-electron chi connectivity index (χ2n) is 4.83. The normalized spacial score (nSPS) is 10.7. The zero-order valence-electron chi connectivity index (χ0n) is 11.5. The number of nitrogens with one attached hydrogen (secondary N) is 1. The Kier molecular flexibility index (Phi) is 3.71. The molecule has 3 N–H and O–H groups in total. The van der Waals surface area contributed by atoms with Crippen LogP contribution < -0.4 is 16.0 Å². The summed E-state index contributed by atoms with van der Waals surface area (Å²) in [7, 11) is 0. The predicted octanol–water partition coefficient (Wildman–Crippen LogP) is 2.82. The molecule has 0 saturated heterocycles. The van der Waals surface area contributed by atoms with Crippen LogP contribution >= 0.6 is 0 Å². The van der Waals surface area contributed by atoms with Crippen LogP contribution in [0.4, 0.5) is 0 Å². The van der Waals surface area contributed by atoms with Crippen LogP contribution in [0.1, 0.15) is 5.56 Å². The lowest BCUT2D eigenvalue weighted by atomic mass is 10.1. The van der Waals surface area contributed by atoms with Crippen molar-refractivity contribution in [2.24, 2.45) is 5.73 Å². The third-order valence-corrected chi connectivity index (χ3v) is 3.31. The van der Waals surface area contributed by atoms with Crippen molar-refractivity contribution in [3.63, 3.8) is 0 Å². The molecule has 0 aliphatic rings. The molecule has 0 radical (unpaired) electrons. The maximum atomic E-state index is 12.0. The van der Waals surface area contributed by atoms with Crippen molar-refractivity contribution >= 4 is 10.8 Å². The highest BCUT2D eigenvalue weighted by Gasteiger charge is 2.03. The monoisotopic (exact) mass is 280 g/mol. The molecule has 3 rings (SSSR count). The summed E-state index contributed by atoms with van der Waals surface area (Å²) in [6.07, 6.45) is 0.840. The summed E-state index contributed by atoms with van der Waals surface area (Å²) in [6, 6.07) is 16.9. The van der Waals surface area contributed by atoms with Gasteiger partial charge >= 0.3 is 0 Å². The molecule has 0 fully saturated rings. The van der Waals surface area contributed by atoms with Gasteiger partial charge in [-0.15, -0.1) is 0 Å². The first-order chi connectivity index (χ1) is 10.3. The third-order valence-electron chi connectivity index (χ3n) is 3.31. The Labute approximate surface area is 122 Å². The fourth-order valence-electron chi connectivity index (χ4n) is 2.26. The Morgan fingerprint density at radius 1 is 1.05 bits per heavy atom. The standard InChI is InChI=1S/C17H16N2O2/c18-10-9-12-5-7-14(8-6-12)21-16-11-13-3-1-2-4-15(13)17(20)19-16/h1-8,11H,9-10,18H2,(H,19,20). The van der Waals surface area contributed by atoms with Crippen LogP contribution in [-0.2, 0) is 6.42 Å². The van der Waals surface area contributed by atoms with Gasteiger partial charge in [0.25, 0.3) is 5.56 Å². The quantitative estimate of drug-likeness (QED) is 0.772. The van der Waals surface area contributed by atoms with Gasteiger partial charge < -0.3 is 10.5 Å². The molecule has 3 aromatic rings. The number of fused-ring (bicyclic) bond motifs is 1. The molecule has 0 atom stereocenters. The lowest BCUT2D eigenvalue weighted by molar-refractivity contribution is 0.462. The number of hydrogen-bond acceptors (Lipinski definition) is 3. The van der Waals surface area contributed by atoms with E-state index in [2.05, 4.69) is 4.98 Å². The van der Waals surface area contributed by atoms with Gasteiger partial charge in [-0.1, -0.05) is 30.3 Å². The molecule has 1 heterocycles. The fourth-order valence-corrected chi connectivity index (χ4v) is 2.26. The second kappa shape index (κ2) is 5.81. The number of pyridine rings is 1. The molecule has 0 unspecified atom stereocenters. The largest absolute Gasteiger partial charge is 0.441 e. The van der Waals surface area contributed by atoms with Crippen LogP contribution in [0, 0.1) is 0 Å². The molecule has 0 aliphatic heterocycles. The van der Waals surface area contributed by atoms with E-state index in [1.807, 2.05) is 48.5 Å². The maximum Gasteiger partial charge on any atom is 0.258 e. The number of rotatable bonds is 4. The van der Waals surface area contributed by atoms with Crippen LogP contribution in [-0.4, -0.2) is 11.5 Å². The van der Waals surface area contributed by atoms with E-state index in [4.69, 9.17) is 10.5 Å². The summed E-state index contributed by atoms with van der Waals surface area (Å²) in [5, 5.41) is 1.51. The zero-order valence-corrected chi connectivity index (χ0v) is 11.5. The van der Waals surface area contributed by atoms with Gasteiger partial charge in [0.05, 0.1) is 0 Å². The van der Waals surface area contributed by atoms with Crippen LogP contribution in [0.5, 0.6) is 11.6 Å². The van der Waals surface area contributed by atoms with E-state index in [1.54, 1.807) is 6.07 Å². The highest BCUT2D eigenvalue weighted by atomic mass is 16.5. The van der Waals surface area contributed by atoms with Crippen LogP contribution in [0.25, 0.3) is 10.8 Å². The molecule has 0 bridgehead atoms. The van der Waals surface area contributed by atoms with Crippen molar-refractivity contribution in [1.29, 1.82) is 0 Å². The van der Waals surface area contributed by atoms with Gasteiger partial charge in [0, 0.05) is 11.5 Å². The van der Waals surface area contributed by atoms with Gasteiger partial charge in [-0.25, -0.2) is 0 Å². The summed E-state index contributed by atoms with van der Waals surface area (Å²) in [5.74, 6) is 1.12. The molecule has 0 spiro atoms. The van der Waals surface area contributed by atoms with Gasteiger partial charge in [-0.3, -0.25) is 9.78 Å². The zero-order chi connectivity index (χ0) is 14.7. The van der Waals surface area contributed by atoms with Gasteiger partial charge in [0.2, 0.25) is 5.88 Å². The number of nitrogens with two attached hydrogens (primary N) is 1. The summed E-state index contributed by atoms with van der Waals surface area (Å²) >= 11 is 0. The number of aromatic nitrogens is 1. The Morgan fingerprint density at radius 2 is 1.81 bits per heavy atom. The van der Waals surface area contributed by atoms with Crippen molar-refractivity contribution in [3.8, 4) is 11.6 Å². The first kappa shape index (κ1) is 13.4. The van der Waals surface area contributed by atoms with E-state index >= 15 is 0 Å². The van der Waals surface area contributed by atoms with Crippen molar-refractivity contribution in [3.05, 3.63) is 70.5 Å². The Morgan fingerprint density at radius 3 is 2.57 bits per heavy atom. The molecule has 2 aromatic carbocycles. The molecular formula is C17H16N2O2. The van der Waals surface area contributed by atoms with E-state index in [1.165, 1.54) is 0 Å². The minimum atomic E-state index is -0.150. The number of ether oxygens (including phenoxy) is 1. The van der Waals surface area contributed by atoms with Crippen LogP contribution in [0.2, 0.25) is 0 Å². The molecule has 0 saturated carbocycles. The second-order valence-corrected chi connectivity index (χ2v) is 4.83. The van der Waals surface area contributed by atoms with Gasteiger partial charge in [-0.2, -0.15) is 0 Å². The van der Waals surface area contributed by atoms with Crippen molar-refractivity contribution in [1.82, 2.24) is 4.98 Å². The Hall–Kier alpha value is -2.59. The molecular weight excluding hydrogens is 264 g/mol. The van der Waals surface area contributed by atoms with Crippen molar-refractivity contribution in [2.75, 3.05) is 6.54 Å².